The molecule has 0 bridgehead atoms. The van der Waals surface area contributed by atoms with Gasteiger partial charge in [-0.05, 0) is 31.0 Å². The fraction of sp³-hybridized carbons (Fsp3) is 0.632. The van der Waals surface area contributed by atoms with Gasteiger partial charge in [-0.1, -0.05) is 6.07 Å². The topological polar surface area (TPSA) is 51.2 Å². The molecule has 1 saturated heterocycles. The van der Waals surface area contributed by atoms with Crippen LogP contribution in [-0.2, 0) is 16.0 Å². The van der Waals surface area contributed by atoms with E-state index in [1.165, 1.54) is 0 Å². The Labute approximate surface area is 149 Å². The highest BCUT2D eigenvalue weighted by Gasteiger charge is 2.30. The second-order valence-electron chi connectivity index (χ2n) is 6.70. The molecule has 0 radical (unpaired) electrons. The third-order valence-corrected chi connectivity index (χ3v) is 5.04. The van der Waals surface area contributed by atoms with Crippen LogP contribution in [0.15, 0.2) is 18.2 Å². The highest BCUT2D eigenvalue weighted by Crippen LogP contribution is 2.31. The number of methoxy groups -OCH3 is 2. The minimum atomic E-state index is -0.0913. The lowest BCUT2D eigenvalue weighted by atomic mass is 9.95. The zero-order valence-electron chi connectivity index (χ0n) is 15.2. The number of hydrogen-bond acceptors (Lipinski definition) is 5. The van der Waals surface area contributed by atoms with Crippen LogP contribution in [0.2, 0.25) is 0 Å². The lowest BCUT2D eigenvalue weighted by molar-refractivity contribution is -0.136. The quantitative estimate of drug-likeness (QED) is 0.806. The van der Waals surface area contributed by atoms with Crippen LogP contribution >= 0.6 is 0 Å². The fourth-order valence-electron chi connectivity index (χ4n) is 3.53. The zero-order valence-corrected chi connectivity index (χ0v) is 15.2. The maximum Gasteiger partial charge on any atom is 0.229 e. The van der Waals surface area contributed by atoms with Gasteiger partial charge < -0.3 is 19.1 Å². The third-order valence-electron chi connectivity index (χ3n) is 5.04. The van der Waals surface area contributed by atoms with Crippen LogP contribution in [0.25, 0.3) is 0 Å². The molecular formula is C19H28N2O4. The van der Waals surface area contributed by atoms with Gasteiger partial charge in [-0.3, -0.25) is 9.69 Å². The van der Waals surface area contributed by atoms with Crippen LogP contribution in [0.5, 0.6) is 11.5 Å². The maximum atomic E-state index is 12.9. The van der Waals surface area contributed by atoms with Crippen molar-refractivity contribution >= 4 is 5.91 Å². The van der Waals surface area contributed by atoms with Crippen molar-refractivity contribution in [1.29, 1.82) is 0 Å². The van der Waals surface area contributed by atoms with Crippen LogP contribution in [0, 0.1) is 5.92 Å². The Bertz CT molecular complexity index is 593. The first-order valence-corrected chi connectivity index (χ1v) is 9.01. The van der Waals surface area contributed by atoms with Crippen LogP contribution in [0.3, 0.4) is 0 Å². The molecule has 1 aromatic carbocycles. The van der Waals surface area contributed by atoms with Crippen molar-refractivity contribution in [1.82, 2.24) is 9.80 Å². The van der Waals surface area contributed by atoms with Crippen molar-refractivity contribution in [3.8, 4) is 11.5 Å². The number of ether oxygens (including phenoxy) is 3. The van der Waals surface area contributed by atoms with E-state index in [0.29, 0.717) is 6.61 Å². The van der Waals surface area contributed by atoms with E-state index >= 15 is 0 Å². The maximum absolute atomic E-state index is 12.9. The molecule has 1 fully saturated rings. The van der Waals surface area contributed by atoms with E-state index in [9.17, 15) is 4.79 Å². The van der Waals surface area contributed by atoms with Gasteiger partial charge in [-0.2, -0.15) is 0 Å². The summed E-state index contributed by atoms with van der Waals surface area (Å²) in [6.07, 6.45) is 1.75. The molecular weight excluding hydrogens is 320 g/mol. The van der Waals surface area contributed by atoms with Gasteiger partial charge in [-0.25, -0.2) is 0 Å². The molecule has 138 valence electrons. The second kappa shape index (κ2) is 8.54. The van der Waals surface area contributed by atoms with Crippen molar-refractivity contribution in [3.63, 3.8) is 0 Å². The van der Waals surface area contributed by atoms with Crippen LogP contribution in [-0.4, -0.2) is 75.9 Å². The second-order valence-corrected chi connectivity index (χ2v) is 6.70. The van der Waals surface area contributed by atoms with Gasteiger partial charge >= 0.3 is 0 Å². The summed E-state index contributed by atoms with van der Waals surface area (Å²) in [4.78, 5) is 17.3. The van der Waals surface area contributed by atoms with Gasteiger partial charge in [0.15, 0.2) is 0 Å². The molecule has 3 rings (SSSR count). The number of fused-ring (bicyclic) bond motifs is 1. The first-order chi connectivity index (χ1) is 12.2. The molecule has 0 saturated carbocycles. The lowest BCUT2D eigenvalue weighted by Crippen LogP contribution is -2.42. The number of amides is 1. The van der Waals surface area contributed by atoms with Crippen molar-refractivity contribution in [2.75, 3.05) is 60.2 Å². The summed E-state index contributed by atoms with van der Waals surface area (Å²) < 4.78 is 16.2. The summed E-state index contributed by atoms with van der Waals surface area (Å²) in [5, 5.41) is 0. The van der Waals surface area contributed by atoms with Crippen LogP contribution < -0.4 is 9.47 Å². The van der Waals surface area contributed by atoms with Crippen molar-refractivity contribution in [2.45, 2.75) is 12.8 Å². The Morgan fingerprint density at radius 1 is 1.24 bits per heavy atom. The Balaban J connectivity index is 1.58. The molecule has 2 aliphatic rings. The summed E-state index contributed by atoms with van der Waals surface area (Å²) >= 11 is 0. The van der Waals surface area contributed by atoms with Gasteiger partial charge in [-0.15, -0.1) is 0 Å². The van der Waals surface area contributed by atoms with Crippen LogP contribution in [0.4, 0.5) is 0 Å². The lowest BCUT2D eigenvalue weighted by Gasteiger charge is -2.30. The van der Waals surface area contributed by atoms with E-state index in [4.69, 9.17) is 14.2 Å². The minimum Gasteiger partial charge on any atom is -0.497 e. The molecule has 0 N–H and O–H groups in total. The highest BCUT2D eigenvalue weighted by atomic mass is 16.5. The van der Waals surface area contributed by atoms with Crippen LogP contribution in [0.1, 0.15) is 12.0 Å². The molecule has 25 heavy (non-hydrogen) atoms. The fourth-order valence-corrected chi connectivity index (χ4v) is 3.53. The Morgan fingerprint density at radius 3 is 2.92 bits per heavy atom. The standard InChI is InChI=1S/C19H28N2O4/c1-23-11-10-20-6-3-7-21(9-8-20)19(22)16-12-15-4-5-17(24-2)13-18(15)25-14-16/h4-5,13,16H,3,6-12,14H2,1-2H3/t16-/m1/s1. The average molecular weight is 348 g/mol. The SMILES string of the molecule is COCCN1CCCN(C(=O)[C@H]2COc3cc(OC)ccc3C2)CC1. The Kier molecular flexibility index (Phi) is 6.15. The Hall–Kier alpha value is -1.79. The first-order valence-electron chi connectivity index (χ1n) is 9.01. The molecule has 2 aliphatic heterocycles. The Morgan fingerprint density at radius 2 is 2.12 bits per heavy atom. The van der Waals surface area contributed by atoms with E-state index < -0.39 is 0 Å². The minimum absolute atomic E-state index is 0.0913. The number of rotatable bonds is 5. The highest BCUT2D eigenvalue weighted by molar-refractivity contribution is 5.80. The number of nitrogens with zero attached hydrogens (tertiary/aromatic N) is 2. The average Bonchev–Trinajstić information content (AvgIpc) is 2.90. The van der Waals surface area contributed by atoms with Gasteiger partial charge in [0.25, 0.3) is 0 Å². The number of carbonyl (C=O) groups is 1. The van der Waals surface area contributed by atoms with E-state index in [0.717, 1.165) is 69.2 Å². The molecule has 6 heteroatoms. The van der Waals surface area contributed by atoms with Gasteiger partial charge in [0, 0.05) is 39.4 Å². The molecule has 1 atom stereocenters. The summed E-state index contributed by atoms with van der Waals surface area (Å²) in [7, 11) is 3.37. The summed E-state index contributed by atoms with van der Waals surface area (Å²) in [6.45, 7) is 5.67. The smallest absolute Gasteiger partial charge is 0.229 e. The van der Waals surface area contributed by atoms with E-state index in [2.05, 4.69) is 4.90 Å². The third kappa shape index (κ3) is 4.44. The molecule has 0 aromatic heterocycles. The zero-order chi connectivity index (χ0) is 17.6. The summed E-state index contributed by atoms with van der Waals surface area (Å²) in [5.74, 6) is 1.75. The van der Waals surface area contributed by atoms with Crippen molar-refractivity contribution in [2.24, 2.45) is 5.92 Å². The van der Waals surface area contributed by atoms with Gasteiger partial charge in [0.05, 0.1) is 19.6 Å². The monoisotopic (exact) mass is 348 g/mol. The van der Waals surface area contributed by atoms with Gasteiger partial charge in [0.2, 0.25) is 5.91 Å². The normalized spacial score (nSPS) is 21.2. The van der Waals surface area contributed by atoms with E-state index in [1.807, 2.05) is 23.1 Å². The number of benzene rings is 1. The predicted octanol–water partition coefficient (Wildman–Crippen LogP) is 1.43. The van der Waals surface area contributed by atoms with E-state index in [-0.39, 0.29) is 11.8 Å². The molecule has 0 aliphatic carbocycles. The summed E-state index contributed by atoms with van der Waals surface area (Å²) in [5.41, 5.74) is 1.09. The predicted molar refractivity (Wildman–Crippen MR) is 95.2 cm³/mol. The number of carbonyl (C=O) groups excluding carboxylic acids is 1. The molecule has 6 nitrogen and oxygen atoms in total. The van der Waals surface area contributed by atoms with Crippen molar-refractivity contribution < 1.29 is 19.0 Å². The van der Waals surface area contributed by atoms with E-state index in [1.54, 1.807) is 14.2 Å². The molecule has 2 heterocycles. The van der Waals surface area contributed by atoms with Gasteiger partial charge in [0.1, 0.15) is 18.1 Å². The first kappa shape index (κ1) is 18.0. The molecule has 1 amide bonds. The van der Waals surface area contributed by atoms with Crippen molar-refractivity contribution in [3.05, 3.63) is 23.8 Å². The number of hydrogen-bond donors (Lipinski definition) is 0. The largest absolute Gasteiger partial charge is 0.497 e. The molecule has 1 aromatic rings. The molecule has 0 spiro atoms. The molecule has 0 unspecified atom stereocenters. The summed E-state index contributed by atoms with van der Waals surface area (Å²) in [6, 6.07) is 5.83.